The molecule has 0 aliphatic carbocycles. The lowest BCUT2D eigenvalue weighted by molar-refractivity contribution is -0.146. The van der Waals surface area contributed by atoms with Gasteiger partial charge in [-0.2, -0.15) is 10.4 Å². The summed E-state index contributed by atoms with van der Waals surface area (Å²) in [5.74, 6) is -0.372. The van der Waals surface area contributed by atoms with E-state index < -0.39 is 50.3 Å². The zero-order valence-electron chi connectivity index (χ0n) is 28.4. The summed E-state index contributed by atoms with van der Waals surface area (Å²) in [7, 11) is -2.72. The van der Waals surface area contributed by atoms with E-state index in [-0.39, 0.29) is 50.5 Å². The van der Waals surface area contributed by atoms with Crippen molar-refractivity contribution < 1.29 is 57.0 Å². The van der Waals surface area contributed by atoms with Crippen LogP contribution in [0.15, 0.2) is 18.5 Å². The first-order chi connectivity index (χ1) is 23.6. The Balaban J connectivity index is 1.63. The molecule has 49 heavy (non-hydrogen) atoms. The van der Waals surface area contributed by atoms with Crippen LogP contribution in [0.2, 0.25) is 0 Å². The van der Waals surface area contributed by atoms with Gasteiger partial charge in [0.05, 0.1) is 71.8 Å². The Kier molecular flexibility index (Phi) is 16.7. The number of carbonyl (C=O) groups excluding carboxylic acids is 1. The molecule has 0 spiro atoms. The van der Waals surface area contributed by atoms with Gasteiger partial charge in [-0.15, -0.1) is 0 Å². The summed E-state index contributed by atoms with van der Waals surface area (Å²) in [5, 5.41) is 38.8. The van der Waals surface area contributed by atoms with Crippen molar-refractivity contribution in [2.24, 2.45) is 5.92 Å². The topological polar surface area (TPSA) is 240 Å². The van der Waals surface area contributed by atoms with Crippen LogP contribution in [-0.2, 0) is 52.4 Å². The summed E-state index contributed by atoms with van der Waals surface area (Å²) < 4.78 is 58.8. The quantitative estimate of drug-likeness (QED) is 0.0671. The molecule has 1 fully saturated rings. The van der Waals surface area contributed by atoms with Crippen LogP contribution in [0.5, 0.6) is 0 Å². The Hall–Kier alpha value is -2.79. The number of hydrogen-bond acceptors (Lipinski definition) is 16. The van der Waals surface area contributed by atoms with Gasteiger partial charge in [0.25, 0.3) is 0 Å². The van der Waals surface area contributed by atoms with Gasteiger partial charge >= 0.3 is 13.7 Å². The van der Waals surface area contributed by atoms with E-state index in [2.05, 4.69) is 15.2 Å². The molecule has 2 aromatic heterocycles. The minimum atomic E-state index is -4.31. The number of nitriles is 1. The number of aliphatic hydroxyl groups is 2. The number of nitrogens with one attached hydrogen (secondary N) is 1. The number of esters is 1. The number of rotatable bonds is 24. The lowest BCUT2D eigenvalue weighted by Crippen LogP contribution is -2.41. The summed E-state index contributed by atoms with van der Waals surface area (Å²) in [6, 6.07) is 3.82. The number of aliphatic hydroxyl groups excluding tert-OH is 2. The Morgan fingerprint density at radius 1 is 1.10 bits per heavy atom. The minimum Gasteiger partial charge on any atom is -0.464 e. The number of anilines is 1. The molecular formula is C30H49N6O12P. The zero-order chi connectivity index (χ0) is 35.9. The van der Waals surface area contributed by atoms with Crippen molar-refractivity contribution in [3.8, 4) is 6.07 Å². The van der Waals surface area contributed by atoms with Crippen molar-refractivity contribution in [3.05, 3.63) is 24.2 Å². The number of nitrogens with zero attached hydrogens (tertiary/aromatic N) is 4. The SMILES string of the molecule is CCC(CC)COC(=O)[C@H](C)NP(=O)(OCCOCCOCCOCCOC)OC[C@H]1O[C@@](C#N)(c2ccc3c(N)ncnn23)[C@H](O)[C@@H]1O. The number of methoxy groups -OCH3 is 1. The first-order valence-corrected chi connectivity index (χ1v) is 17.7. The first-order valence-electron chi connectivity index (χ1n) is 16.1. The van der Waals surface area contributed by atoms with Crippen LogP contribution in [0.25, 0.3) is 5.52 Å². The average molecular weight is 717 g/mol. The van der Waals surface area contributed by atoms with E-state index in [1.807, 2.05) is 19.9 Å². The van der Waals surface area contributed by atoms with Crippen LogP contribution in [0.1, 0.15) is 39.3 Å². The maximum atomic E-state index is 13.9. The van der Waals surface area contributed by atoms with Crippen LogP contribution >= 0.6 is 7.75 Å². The highest BCUT2D eigenvalue weighted by atomic mass is 31.2. The monoisotopic (exact) mass is 716 g/mol. The summed E-state index contributed by atoms with van der Waals surface area (Å²) in [6.45, 7) is 7.07. The molecule has 0 amide bonds. The number of carbonyl (C=O) groups is 1. The summed E-state index contributed by atoms with van der Waals surface area (Å²) in [6.07, 6.45) is -1.97. The van der Waals surface area contributed by atoms with Crippen molar-refractivity contribution in [2.75, 3.05) is 78.9 Å². The van der Waals surface area contributed by atoms with Crippen molar-refractivity contribution >= 4 is 25.1 Å². The van der Waals surface area contributed by atoms with Gasteiger partial charge in [0.15, 0.2) is 5.82 Å². The molecule has 3 rings (SSSR count). The third-order valence-corrected chi connectivity index (χ3v) is 9.60. The van der Waals surface area contributed by atoms with Crippen LogP contribution < -0.4 is 10.8 Å². The van der Waals surface area contributed by atoms with Crippen LogP contribution in [0.4, 0.5) is 5.82 Å². The van der Waals surface area contributed by atoms with Crippen LogP contribution in [0.3, 0.4) is 0 Å². The van der Waals surface area contributed by atoms with Crippen molar-refractivity contribution in [1.82, 2.24) is 19.7 Å². The predicted octanol–water partition coefficient (Wildman–Crippen LogP) is 0.946. The van der Waals surface area contributed by atoms with Gasteiger partial charge in [0.1, 0.15) is 42.3 Å². The molecule has 0 bridgehead atoms. The highest BCUT2D eigenvalue weighted by molar-refractivity contribution is 7.51. The van der Waals surface area contributed by atoms with Gasteiger partial charge < -0.3 is 44.4 Å². The maximum Gasteiger partial charge on any atom is 0.406 e. The second-order valence-electron chi connectivity index (χ2n) is 11.2. The van der Waals surface area contributed by atoms with Gasteiger partial charge in [-0.1, -0.05) is 26.7 Å². The van der Waals surface area contributed by atoms with Crippen molar-refractivity contribution in [3.63, 3.8) is 0 Å². The normalized spacial score (nSPS) is 22.7. The minimum absolute atomic E-state index is 0.00131. The number of ether oxygens (including phenoxy) is 6. The molecule has 1 unspecified atom stereocenters. The third kappa shape index (κ3) is 11.1. The van der Waals surface area contributed by atoms with Gasteiger partial charge in [-0.05, 0) is 25.0 Å². The van der Waals surface area contributed by atoms with Gasteiger partial charge in [0.2, 0.25) is 5.60 Å². The molecule has 0 saturated carbocycles. The highest BCUT2D eigenvalue weighted by Crippen LogP contribution is 2.47. The molecule has 5 N–H and O–H groups in total. The summed E-state index contributed by atoms with van der Waals surface area (Å²) >= 11 is 0. The van der Waals surface area contributed by atoms with E-state index in [1.165, 1.54) is 23.8 Å². The van der Waals surface area contributed by atoms with E-state index in [4.69, 9.17) is 43.2 Å². The lowest BCUT2D eigenvalue weighted by Gasteiger charge is -2.25. The van der Waals surface area contributed by atoms with E-state index in [1.54, 1.807) is 13.2 Å². The van der Waals surface area contributed by atoms with E-state index in [9.17, 15) is 24.8 Å². The van der Waals surface area contributed by atoms with Gasteiger partial charge in [-0.25, -0.2) is 19.2 Å². The molecule has 1 saturated heterocycles. The zero-order valence-corrected chi connectivity index (χ0v) is 29.3. The number of aromatic nitrogens is 3. The second-order valence-corrected chi connectivity index (χ2v) is 13.0. The molecule has 2 aromatic rings. The van der Waals surface area contributed by atoms with Gasteiger partial charge in [-0.3, -0.25) is 13.8 Å². The molecule has 18 nitrogen and oxygen atoms in total. The third-order valence-electron chi connectivity index (χ3n) is 7.88. The Morgan fingerprint density at radius 2 is 1.73 bits per heavy atom. The number of nitrogen functional groups attached to an aromatic ring is 1. The molecular weight excluding hydrogens is 667 g/mol. The van der Waals surface area contributed by atoms with Crippen LogP contribution in [0, 0.1) is 17.2 Å². The van der Waals surface area contributed by atoms with Crippen molar-refractivity contribution in [2.45, 2.75) is 63.6 Å². The number of hydrogen-bond donors (Lipinski definition) is 4. The first kappa shape index (κ1) is 40.6. The molecule has 276 valence electrons. The maximum absolute atomic E-state index is 13.9. The van der Waals surface area contributed by atoms with Crippen molar-refractivity contribution in [1.29, 1.82) is 5.26 Å². The highest BCUT2D eigenvalue weighted by Gasteiger charge is 2.58. The predicted molar refractivity (Wildman–Crippen MR) is 173 cm³/mol. The Morgan fingerprint density at radius 3 is 2.35 bits per heavy atom. The van der Waals surface area contributed by atoms with E-state index in [0.717, 1.165) is 12.8 Å². The molecule has 3 heterocycles. The second kappa shape index (κ2) is 20.2. The lowest BCUT2D eigenvalue weighted by atomic mass is 9.92. The molecule has 19 heteroatoms. The molecule has 6 atom stereocenters. The van der Waals surface area contributed by atoms with Gasteiger partial charge in [0, 0.05) is 7.11 Å². The number of nitrogens with two attached hydrogens (primary N) is 1. The average Bonchev–Trinajstić information content (AvgIpc) is 3.64. The molecule has 1 aliphatic heterocycles. The summed E-state index contributed by atoms with van der Waals surface area (Å²) in [5.41, 5.74) is 4.25. The Labute approximate surface area is 285 Å². The molecule has 0 aromatic carbocycles. The van der Waals surface area contributed by atoms with Crippen LogP contribution in [-0.4, -0.2) is 128 Å². The fourth-order valence-corrected chi connectivity index (χ4v) is 6.33. The van der Waals surface area contributed by atoms with E-state index >= 15 is 0 Å². The molecule has 1 aliphatic rings. The standard InChI is InChI=1S/C30H49N6O12P/c1-5-22(6-2)17-45-29(39)21(3)35-49(40,46-16-15-44-14-13-43-12-11-42-10-9-41-4)47-18-24-26(37)27(38)30(19-31,48-24)25-8-7-23-28(32)33-20-34-36(23)25/h7-8,20-22,24,26-27,37-38H,5-6,9-18H2,1-4H3,(H,35,40)(H2,32,33,34)/t21-,24+,26+,27+,30-,49?/m0/s1. The number of fused-ring (bicyclic) bond motifs is 1. The fourth-order valence-electron chi connectivity index (χ4n) is 4.87. The smallest absolute Gasteiger partial charge is 0.406 e. The molecule has 0 radical (unpaired) electrons. The largest absolute Gasteiger partial charge is 0.464 e. The Bertz CT molecular complexity index is 1390. The summed E-state index contributed by atoms with van der Waals surface area (Å²) in [4.78, 5) is 16.7. The fraction of sp³-hybridized carbons (Fsp3) is 0.733. The van der Waals surface area contributed by atoms with E-state index in [0.29, 0.717) is 31.9 Å².